The first-order chi connectivity index (χ1) is 7.70. The molecule has 3 heteroatoms. The third-order valence-corrected chi connectivity index (χ3v) is 2.51. The Hall–Kier alpha value is -1.61. The third-order valence-electron chi connectivity index (χ3n) is 2.51. The highest BCUT2D eigenvalue weighted by Crippen LogP contribution is 2.22. The van der Waals surface area contributed by atoms with E-state index in [0.29, 0.717) is 12.3 Å². The van der Waals surface area contributed by atoms with Gasteiger partial charge >= 0.3 is 0 Å². The number of nitrogens with zero attached hydrogens (tertiary/aromatic N) is 1. The van der Waals surface area contributed by atoms with E-state index in [1.165, 1.54) is 5.56 Å². The average Bonchev–Trinajstić information content (AvgIpc) is 2.61. The Morgan fingerprint density at radius 2 is 2.12 bits per heavy atom. The van der Waals surface area contributed by atoms with Gasteiger partial charge in [-0.05, 0) is 26.0 Å². The van der Waals surface area contributed by atoms with Crippen molar-refractivity contribution in [3.8, 4) is 11.5 Å². The maximum Gasteiger partial charge on any atom is 0.226 e. The van der Waals surface area contributed by atoms with E-state index in [9.17, 15) is 0 Å². The van der Waals surface area contributed by atoms with Gasteiger partial charge in [0, 0.05) is 18.6 Å². The maximum atomic E-state index is 8.89. The topological polar surface area (TPSA) is 46.3 Å². The number of rotatable bonds is 3. The van der Waals surface area contributed by atoms with Crippen LogP contribution >= 0.6 is 0 Å². The molecule has 0 fully saturated rings. The van der Waals surface area contributed by atoms with Crippen molar-refractivity contribution in [2.75, 3.05) is 6.61 Å². The molecule has 1 heterocycles. The summed E-state index contributed by atoms with van der Waals surface area (Å²) in [5, 5.41) is 8.89. The lowest BCUT2D eigenvalue weighted by molar-refractivity contribution is 0.297. The second kappa shape index (κ2) is 4.49. The summed E-state index contributed by atoms with van der Waals surface area (Å²) in [4.78, 5) is 4.38. The molecular formula is C13H15NO2. The van der Waals surface area contributed by atoms with Crippen molar-refractivity contribution in [2.24, 2.45) is 0 Å². The Morgan fingerprint density at radius 3 is 2.81 bits per heavy atom. The first-order valence-corrected chi connectivity index (χ1v) is 5.35. The van der Waals surface area contributed by atoms with Gasteiger partial charge in [0.15, 0.2) is 0 Å². The molecular weight excluding hydrogens is 202 g/mol. The minimum absolute atomic E-state index is 0.0978. The molecule has 0 aliphatic rings. The summed E-state index contributed by atoms with van der Waals surface area (Å²) in [7, 11) is 0. The number of aromatic nitrogens is 1. The summed E-state index contributed by atoms with van der Waals surface area (Å²) in [6, 6.07) is 8.03. The van der Waals surface area contributed by atoms with Crippen molar-refractivity contribution in [1.82, 2.24) is 4.98 Å². The molecule has 0 unspecified atom stereocenters. The average molecular weight is 217 g/mol. The van der Waals surface area contributed by atoms with E-state index < -0.39 is 0 Å². The molecule has 3 nitrogen and oxygen atoms in total. The van der Waals surface area contributed by atoms with E-state index in [-0.39, 0.29) is 6.61 Å². The molecule has 0 amide bonds. The van der Waals surface area contributed by atoms with E-state index in [2.05, 4.69) is 4.98 Å². The van der Waals surface area contributed by atoms with Crippen molar-refractivity contribution in [1.29, 1.82) is 0 Å². The quantitative estimate of drug-likeness (QED) is 0.859. The van der Waals surface area contributed by atoms with Gasteiger partial charge in [0.2, 0.25) is 5.89 Å². The number of aryl methyl sites for hydroxylation is 2. The van der Waals surface area contributed by atoms with Crippen LogP contribution in [-0.2, 0) is 6.42 Å². The van der Waals surface area contributed by atoms with Gasteiger partial charge in [0.1, 0.15) is 5.76 Å². The largest absolute Gasteiger partial charge is 0.441 e. The molecule has 0 spiro atoms. The van der Waals surface area contributed by atoms with Gasteiger partial charge in [-0.15, -0.1) is 0 Å². The van der Waals surface area contributed by atoms with Crippen LogP contribution in [0.3, 0.4) is 0 Å². The van der Waals surface area contributed by atoms with Gasteiger partial charge in [-0.1, -0.05) is 17.7 Å². The molecule has 2 rings (SSSR count). The van der Waals surface area contributed by atoms with Crippen molar-refractivity contribution in [3.05, 3.63) is 41.3 Å². The Morgan fingerprint density at radius 1 is 1.31 bits per heavy atom. The van der Waals surface area contributed by atoms with E-state index in [4.69, 9.17) is 9.52 Å². The van der Waals surface area contributed by atoms with E-state index in [0.717, 1.165) is 17.0 Å². The Kier molecular flexibility index (Phi) is 3.06. The molecule has 0 bridgehead atoms. The van der Waals surface area contributed by atoms with E-state index in [1.807, 2.05) is 38.1 Å². The lowest BCUT2D eigenvalue weighted by Gasteiger charge is -1.96. The van der Waals surface area contributed by atoms with Gasteiger partial charge in [-0.25, -0.2) is 4.98 Å². The molecule has 0 saturated heterocycles. The zero-order chi connectivity index (χ0) is 11.5. The molecule has 0 aliphatic heterocycles. The van der Waals surface area contributed by atoms with Crippen LogP contribution in [0, 0.1) is 13.8 Å². The molecule has 16 heavy (non-hydrogen) atoms. The van der Waals surface area contributed by atoms with Crippen LogP contribution in [0.25, 0.3) is 11.5 Å². The molecule has 84 valence electrons. The minimum atomic E-state index is 0.0978. The second-order valence-electron chi connectivity index (χ2n) is 3.86. The van der Waals surface area contributed by atoms with Crippen LogP contribution in [0.15, 0.2) is 28.7 Å². The molecule has 0 saturated carbocycles. The van der Waals surface area contributed by atoms with E-state index >= 15 is 0 Å². The predicted molar refractivity (Wildman–Crippen MR) is 62.2 cm³/mol. The number of aliphatic hydroxyl groups excluding tert-OH is 1. The zero-order valence-electron chi connectivity index (χ0n) is 9.53. The highest BCUT2D eigenvalue weighted by molar-refractivity contribution is 5.54. The lowest BCUT2D eigenvalue weighted by Crippen LogP contribution is -1.92. The molecule has 2 aromatic rings. The summed E-state index contributed by atoms with van der Waals surface area (Å²) in [6.07, 6.45) is 0.543. The summed E-state index contributed by atoms with van der Waals surface area (Å²) >= 11 is 0. The van der Waals surface area contributed by atoms with Crippen LogP contribution in [0.4, 0.5) is 0 Å². The zero-order valence-corrected chi connectivity index (χ0v) is 9.53. The van der Waals surface area contributed by atoms with Gasteiger partial charge in [0.25, 0.3) is 0 Å². The molecule has 0 radical (unpaired) electrons. The Bertz CT molecular complexity index is 488. The fourth-order valence-electron chi connectivity index (χ4n) is 1.67. The standard InChI is InChI=1S/C13H15NO2/c1-9-4-3-5-11(8-9)13-14-12(6-7-15)10(2)16-13/h3-5,8,15H,6-7H2,1-2H3. The molecule has 1 aromatic heterocycles. The number of benzene rings is 1. The number of hydrogen-bond acceptors (Lipinski definition) is 3. The summed E-state index contributed by atoms with van der Waals surface area (Å²) in [6.45, 7) is 4.01. The normalized spacial score (nSPS) is 10.7. The van der Waals surface area contributed by atoms with Crippen molar-refractivity contribution in [2.45, 2.75) is 20.3 Å². The summed E-state index contributed by atoms with van der Waals surface area (Å²) in [5.74, 6) is 1.41. The van der Waals surface area contributed by atoms with Gasteiger partial charge in [0.05, 0.1) is 5.69 Å². The highest BCUT2D eigenvalue weighted by Gasteiger charge is 2.10. The molecule has 0 aliphatic carbocycles. The third kappa shape index (κ3) is 2.14. The Labute approximate surface area is 94.8 Å². The number of aliphatic hydroxyl groups is 1. The highest BCUT2D eigenvalue weighted by atomic mass is 16.4. The number of hydrogen-bond donors (Lipinski definition) is 1. The molecule has 1 aromatic carbocycles. The fraction of sp³-hybridized carbons (Fsp3) is 0.308. The van der Waals surface area contributed by atoms with Crippen molar-refractivity contribution in [3.63, 3.8) is 0 Å². The van der Waals surface area contributed by atoms with Crippen molar-refractivity contribution >= 4 is 0 Å². The maximum absolute atomic E-state index is 8.89. The van der Waals surface area contributed by atoms with Crippen LogP contribution in [0.2, 0.25) is 0 Å². The number of oxazole rings is 1. The van der Waals surface area contributed by atoms with Gasteiger partial charge in [-0.3, -0.25) is 0 Å². The SMILES string of the molecule is Cc1cccc(-c2nc(CCO)c(C)o2)c1. The molecule has 1 N–H and O–H groups in total. The first-order valence-electron chi connectivity index (χ1n) is 5.35. The lowest BCUT2D eigenvalue weighted by atomic mass is 10.1. The van der Waals surface area contributed by atoms with Crippen molar-refractivity contribution < 1.29 is 9.52 Å². The molecule has 0 atom stereocenters. The Balaban J connectivity index is 2.37. The van der Waals surface area contributed by atoms with Crippen LogP contribution in [0.1, 0.15) is 17.0 Å². The van der Waals surface area contributed by atoms with E-state index in [1.54, 1.807) is 0 Å². The first kappa shape index (κ1) is 10.9. The van der Waals surface area contributed by atoms with Gasteiger partial charge in [-0.2, -0.15) is 0 Å². The van der Waals surface area contributed by atoms with Gasteiger partial charge < -0.3 is 9.52 Å². The smallest absolute Gasteiger partial charge is 0.226 e. The predicted octanol–water partition coefficient (Wildman–Crippen LogP) is 2.49. The van der Waals surface area contributed by atoms with Crippen LogP contribution in [-0.4, -0.2) is 16.7 Å². The summed E-state index contributed by atoms with van der Waals surface area (Å²) in [5.41, 5.74) is 2.99. The second-order valence-corrected chi connectivity index (χ2v) is 3.86. The fourth-order valence-corrected chi connectivity index (χ4v) is 1.67. The van der Waals surface area contributed by atoms with Crippen LogP contribution < -0.4 is 0 Å². The van der Waals surface area contributed by atoms with Crippen LogP contribution in [0.5, 0.6) is 0 Å². The minimum Gasteiger partial charge on any atom is -0.441 e. The monoisotopic (exact) mass is 217 g/mol. The summed E-state index contributed by atoms with van der Waals surface area (Å²) < 4.78 is 5.59.